The van der Waals surface area contributed by atoms with Crippen molar-refractivity contribution in [3.63, 3.8) is 0 Å². The van der Waals surface area contributed by atoms with Crippen molar-refractivity contribution in [2.45, 2.75) is 26.3 Å². The number of halogens is 2. The summed E-state index contributed by atoms with van der Waals surface area (Å²) < 4.78 is 26.1. The largest absolute Gasteiger partial charge is 0.365 e. The second kappa shape index (κ2) is 4.42. The number of aromatic nitrogens is 1. The summed E-state index contributed by atoms with van der Waals surface area (Å²) in [5.74, 6) is -0.916. The van der Waals surface area contributed by atoms with Crippen molar-refractivity contribution in [1.82, 2.24) is 4.57 Å². The standard InChI is InChI=1S/C10H12F2N2O2/c1-5(2)14-7(8(11)12)4-3-6(9(13)15)10(14)16/h3-5,8H,1-2H3,(H2,13,15). The summed E-state index contributed by atoms with van der Waals surface area (Å²) in [6.07, 6.45) is -2.77. The molecule has 0 aliphatic rings. The fraction of sp³-hybridized carbons (Fsp3) is 0.400. The summed E-state index contributed by atoms with van der Waals surface area (Å²) in [5.41, 5.74) is 3.50. The summed E-state index contributed by atoms with van der Waals surface area (Å²) >= 11 is 0. The highest BCUT2D eigenvalue weighted by molar-refractivity contribution is 5.92. The number of alkyl halides is 2. The molecule has 0 aliphatic heterocycles. The summed E-state index contributed by atoms with van der Waals surface area (Å²) in [6.45, 7) is 3.16. The van der Waals surface area contributed by atoms with E-state index in [1.165, 1.54) is 0 Å². The van der Waals surface area contributed by atoms with Crippen LogP contribution in [0.1, 0.15) is 42.4 Å². The number of nitrogens with zero attached hydrogens (tertiary/aromatic N) is 1. The molecule has 1 rings (SSSR count). The molecule has 2 N–H and O–H groups in total. The van der Waals surface area contributed by atoms with Crippen LogP contribution >= 0.6 is 0 Å². The Hall–Kier alpha value is -1.72. The number of nitrogens with two attached hydrogens (primary N) is 1. The third-order valence-electron chi connectivity index (χ3n) is 2.15. The van der Waals surface area contributed by atoms with Crippen LogP contribution in [0.25, 0.3) is 0 Å². The number of carbonyl (C=O) groups excluding carboxylic acids is 1. The molecule has 0 fully saturated rings. The maximum Gasteiger partial charge on any atom is 0.278 e. The van der Waals surface area contributed by atoms with Crippen molar-refractivity contribution in [2.75, 3.05) is 0 Å². The van der Waals surface area contributed by atoms with E-state index in [4.69, 9.17) is 5.73 Å². The summed E-state index contributed by atoms with van der Waals surface area (Å²) in [7, 11) is 0. The van der Waals surface area contributed by atoms with Gasteiger partial charge in [-0.1, -0.05) is 0 Å². The molecule has 1 aromatic heterocycles. The Balaban J connectivity index is 3.55. The maximum atomic E-state index is 12.6. The van der Waals surface area contributed by atoms with Crippen LogP contribution in [0.5, 0.6) is 0 Å². The van der Waals surface area contributed by atoms with Gasteiger partial charge < -0.3 is 10.3 Å². The van der Waals surface area contributed by atoms with E-state index in [0.717, 1.165) is 16.7 Å². The van der Waals surface area contributed by atoms with Gasteiger partial charge in [-0.15, -0.1) is 0 Å². The van der Waals surface area contributed by atoms with Crippen LogP contribution in [0, 0.1) is 0 Å². The minimum absolute atomic E-state index is 0.280. The van der Waals surface area contributed by atoms with Crippen LogP contribution < -0.4 is 11.3 Å². The molecule has 0 bridgehead atoms. The second-order valence-corrected chi connectivity index (χ2v) is 3.61. The number of primary amides is 1. The quantitative estimate of drug-likeness (QED) is 0.854. The van der Waals surface area contributed by atoms with Crippen LogP contribution in [0.2, 0.25) is 0 Å². The van der Waals surface area contributed by atoms with Crippen molar-refractivity contribution in [3.05, 3.63) is 33.7 Å². The van der Waals surface area contributed by atoms with Crippen LogP contribution in [-0.4, -0.2) is 10.5 Å². The number of hydrogen-bond acceptors (Lipinski definition) is 2. The Morgan fingerprint density at radius 1 is 1.38 bits per heavy atom. The lowest BCUT2D eigenvalue weighted by molar-refractivity contribution is 0.0996. The number of rotatable bonds is 3. The highest BCUT2D eigenvalue weighted by Gasteiger charge is 2.19. The minimum atomic E-state index is -2.77. The monoisotopic (exact) mass is 230 g/mol. The zero-order valence-electron chi connectivity index (χ0n) is 8.91. The first-order valence-corrected chi connectivity index (χ1v) is 4.69. The third kappa shape index (κ3) is 2.10. The van der Waals surface area contributed by atoms with Crippen LogP contribution in [0.3, 0.4) is 0 Å². The van der Waals surface area contributed by atoms with Gasteiger partial charge in [-0.3, -0.25) is 9.59 Å². The number of carbonyl (C=O) groups is 1. The second-order valence-electron chi connectivity index (χ2n) is 3.61. The molecule has 0 saturated carbocycles. The van der Waals surface area contributed by atoms with Crippen molar-refractivity contribution < 1.29 is 13.6 Å². The molecule has 6 heteroatoms. The zero-order chi connectivity index (χ0) is 12.5. The topological polar surface area (TPSA) is 65.1 Å². The molecule has 0 aliphatic carbocycles. The molecule has 0 unspecified atom stereocenters. The third-order valence-corrected chi connectivity index (χ3v) is 2.15. The highest BCUT2D eigenvalue weighted by Crippen LogP contribution is 2.20. The van der Waals surface area contributed by atoms with Crippen molar-refractivity contribution in [3.8, 4) is 0 Å². The van der Waals surface area contributed by atoms with Crippen molar-refractivity contribution in [1.29, 1.82) is 0 Å². The molecule has 0 saturated heterocycles. The molecule has 0 radical (unpaired) electrons. The predicted molar refractivity (Wildman–Crippen MR) is 54.6 cm³/mol. The summed E-state index contributed by atoms with van der Waals surface area (Å²) in [6, 6.07) is 1.62. The van der Waals surface area contributed by atoms with Gasteiger partial charge in [0.25, 0.3) is 17.9 Å². The van der Waals surface area contributed by atoms with Gasteiger partial charge in [-0.05, 0) is 26.0 Å². The molecule has 16 heavy (non-hydrogen) atoms. The molecule has 4 nitrogen and oxygen atoms in total. The van der Waals surface area contributed by atoms with E-state index >= 15 is 0 Å². The van der Waals surface area contributed by atoms with Gasteiger partial charge in [-0.25, -0.2) is 8.78 Å². The first-order chi connectivity index (χ1) is 7.36. The summed E-state index contributed by atoms with van der Waals surface area (Å²) in [4.78, 5) is 22.6. The zero-order valence-corrected chi connectivity index (χ0v) is 8.91. The van der Waals surface area contributed by atoms with Crippen LogP contribution in [0.15, 0.2) is 16.9 Å². The molecular formula is C10H12F2N2O2. The Morgan fingerprint density at radius 3 is 2.31 bits per heavy atom. The Labute approximate surface area is 90.7 Å². The van der Waals surface area contributed by atoms with Crippen molar-refractivity contribution in [2.24, 2.45) is 5.73 Å². The number of amides is 1. The lowest BCUT2D eigenvalue weighted by Gasteiger charge is -2.16. The van der Waals surface area contributed by atoms with Gasteiger partial charge in [0.2, 0.25) is 0 Å². The average Bonchev–Trinajstić information content (AvgIpc) is 2.15. The van der Waals surface area contributed by atoms with Gasteiger partial charge in [0.1, 0.15) is 5.56 Å². The molecule has 1 heterocycles. The van der Waals surface area contributed by atoms with Gasteiger partial charge >= 0.3 is 0 Å². The maximum absolute atomic E-state index is 12.6. The van der Waals surface area contributed by atoms with E-state index in [1.54, 1.807) is 13.8 Å². The van der Waals surface area contributed by atoms with Gasteiger partial charge in [0.15, 0.2) is 0 Å². The van der Waals surface area contributed by atoms with E-state index in [9.17, 15) is 18.4 Å². The number of hydrogen-bond donors (Lipinski definition) is 1. The van der Waals surface area contributed by atoms with E-state index < -0.39 is 29.6 Å². The summed E-state index contributed by atoms with van der Waals surface area (Å²) in [5, 5.41) is 0. The lowest BCUT2D eigenvalue weighted by Crippen LogP contribution is -2.32. The molecule has 1 amide bonds. The number of pyridine rings is 1. The Kier molecular flexibility index (Phi) is 3.41. The van der Waals surface area contributed by atoms with E-state index in [1.807, 2.05) is 0 Å². The molecular weight excluding hydrogens is 218 g/mol. The molecule has 0 spiro atoms. The van der Waals surface area contributed by atoms with E-state index in [2.05, 4.69) is 0 Å². The SMILES string of the molecule is CC(C)n1c(C(F)F)ccc(C(N)=O)c1=O. The van der Waals surface area contributed by atoms with Gasteiger partial charge in [0, 0.05) is 6.04 Å². The fourth-order valence-electron chi connectivity index (χ4n) is 1.47. The Morgan fingerprint density at radius 2 is 1.94 bits per heavy atom. The van der Waals surface area contributed by atoms with Crippen LogP contribution in [-0.2, 0) is 0 Å². The highest BCUT2D eigenvalue weighted by atomic mass is 19.3. The van der Waals surface area contributed by atoms with E-state index in [-0.39, 0.29) is 5.56 Å². The fourth-order valence-corrected chi connectivity index (χ4v) is 1.47. The van der Waals surface area contributed by atoms with E-state index in [0.29, 0.717) is 0 Å². The molecule has 88 valence electrons. The average molecular weight is 230 g/mol. The minimum Gasteiger partial charge on any atom is -0.365 e. The smallest absolute Gasteiger partial charge is 0.278 e. The van der Waals surface area contributed by atoms with Gasteiger partial charge in [0.05, 0.1) is 5.69 Å². The van der Waals surface area contributed by atoms with Crippen molar-refractivity contribution >= 4 is 5.91 Å². The predicted octanol–water partition coefficient (Wildman–Crippen LogP) is 1.47. The van der Waals surface area contributed by atoms with Gasteiger partial charge in [-0.2, -0.15) is 0 Å². The first kappa shape index (κ1) is 12.4. The molecule has 0 aromatic carbocycles. The Bertz CT molecular complexity index is 466. The first-order valence-electron chi connectivity index (χ1n) is 4.69. The lowest BCUT2D eigenvalue weighted by atomic mass is 10.2. The normalized spacial score (nSPS) is 11.1. The molecule has 0 atom stereocenters. The van der Waals surface area contributed by atoms with Crippen LogP contribution in [0.4, 0.5) is 8.78 Å². The molecule has 1 aromatic rings.